The fourth-order valence-corrected chi connectivity index (χ4v) is 5.97. The van der Waals surface area contributed by atoms with E-state index in [0.717, 1.165) is 11.1 Å². The summed E-state index contributed by atoms with van der Waals surface area (Å²) in [6, 6.07) is 6.36. The third-order valence-corrected chi connectivity index (χ3v) is 8.26. The van der Waals surface area contributed by atoms with Crippen LogP contribution in [0.3, 0.4) is 0 Å². The first-order chi connectivity index (χ1) is 20.5. The van der Waals surface area contributed by atoms with Crippen LogP contribution in [0.25, 0.3) is 22.5 Å². The van der Waals surface area contributed by atoms with E-state index in [2.05, 4.69) is 15.4 Å². The Morgan fingerprint density at radius 3 is 2.63 bits per heavy atom. The number of ether oxygens (including phenoxy) is 1. The Kier molecular flexibility index (Phi) is 9.49. The van der Waals surface area contributed by atoms with E-state index in [1.54, 1.807) is 29.9 Å². The van der Waals surface area contributed by atoms with Gasteiger partial charge in [-0.1, -0.05) is 18.5 Å². The Morgan fingerprint density at radius 1 is 1.19 bits per heavy atom. The van der Waals surface area contributed by atoms with Crippen molar-refractivity contribution in [1.82, 2.24) is 24.5 Å². The van der Waals surface area contributed by atoms with E-state index >= 15 is 0 Å². The van der Waals surface area contributed by atoms with Crippen LogP contribution in [0.5, 0.6) is 5.75 Å². The number of hydrogen-bond acceptors (Lipinski definition) is 8. The second-order valence-corrected chi connectivity index (χ2v) is 11.8. The van der Waals surface area contributed by atoms with Gasteiger partial charge in [0.25, 0.3) is 0 Å². The quantitative estimate of drug-likeness (QED) is 0.141. The molecule has 1 atom stereocenters. The molecule has 4 heterocycles. The number of hydrogen-bond donors (Lipinski definition) is 1. The maximum Gasteiger partial charge on any atom is 0.334 e. The zero-order chi connectivity index (χ0) is 30.9. The number of anilines is 1. The van der Waals surface area contributed by atoms with Crippen molar-refractivity contribution in [3.8, 4) is 28.3 Å². The van der Waals surface area contributed by atoms with Crippen molar-refractivity contribution in [2.45, 2.75) is 45.6 Å². The molecule has 0 aliphatic carbocycles. The van der Waals surface area contributed by atoms with E-state index in [-0.39, 0.29) is 11.9 Å². The van der Waals surface area contributed by atoms with E-state index in [4.69, 9.17) is 50.7 Å². The molecule has 0 fully saturated rings. The summed E-state index contributed by atoms with van der Waals surface area (Å²) in [6.45, 7) is 8.11. The first-order valence-electron chi connectivity index (χ1n) is 13.8. The predicted octanol–water partition coefficient (Wildman–Crippen LogP) is 5.84. The number of aryl methyl sites for hydroxylation is 1. The summed E-state index contributed by atoms with van der Waals surface area (Å²) in [6.07, 6.45) is 3.29. The van der Waals surface area contributed by atoms with Gasteiger partial charge in [-0.15, -0.1) is 0 Å². The fraction of sp³-hybridized carbons (Fsp3) is 0.393. The third-order valence-electron chi connectivity index (χ3n) is 6.68. The highest BCUT2D eigenvalue weighted by atomic mass is 35.5. The molecule has 43 heavy (non-hydrogen) atoms. The maximum absolute atomic E-state index is 14.6. The molecule has 1 aliphatic heterocycles. The molecular formula is C28H31B2ClFN6O4P. The molecular weight excluding hydrogens is 591 g/mol. The van der Waals surface area contributed by atoms with Gasteiger partial charge in [0, 0.05) is 53.7 Å². The van der Waals surface area contributed by atoms with Crippen LogP contribution in [0.4, 0.5) is 10.2 Å². The van der Waals surface area contributed by atoms with E-state index in [1.165, 1.54) is 16.8 Å². The second kappa shape index (κ2) is 13.0. The maximum atomic E-state index is 14.6. The topological polar surface area (TPSA) is 97.5 Å². The van der Waals surface area contributed by atoms with E-state index in [0.29, 0.717) is 59.3 Å². The van der Waals surface area contributed by atoms with Gasteiger partial charge in [0.05, 0.1) is 40.3 Å². The lowest BCUT2D eigenvalue weighted by molar-refractivity contribution is 0.177. The van der Waals surface area contributed by atoms with Crippen LogP contribution < -0.4 is 10.1 Å². The van der Waals surface area contributed by atoms with Gasteiger partial charge in [-0.25, -0.2) is 9.37 Å². The number of halogens is 2. The Bertz CT molecular complexity index is 1610. The minimum absolute atomic E-state index is 0.0317. The average Bonchev–Trinajstić information content (AvgIpc) is 3.48. The monoisotopic (exact) mass is 622 g/mol. The lowest BCUT2D eigenvalue weighted by atomic mass is 9.63. The minimum atomic E-state index is -1.54. The molecule has 15 heteroatoms. The Morgan fingerprint density at radius 2 is 1.93 bits per heavy atom. The summed E-state index contributed by atoms with van der Waals surface area (Å²) in [7, 11) is 13.0. The summed E-state index contributed by atoms with van der Waals surface area (Å²) in [5, 5.41) is 11.2. The zero-order valence-electron chi connectivity index (χ0n) is 24.6. The first kappa shape index (κ1) is 31.5. The summed E-state index contributed by atoms with van der Waals surface area (Å²) in [5.74, 6) is 0.358. The van der Waals surface area contributed by atoms with Gasteiger partial charge in [-0.3, -0.25) is 13.9 Å². The molecule has 0 amide bonds. The number of aromatic nitrogens is 5. The number of pyridine rings is 1. The van der Waals surface area contributed by atoms with E-state index in [1.807, 2.05) is 34.0 Å². The van der Waals surface area contributed by atoms with E-state index < -0.39 is 25.9 Å². The Balaban J connectivity index is 1.67. The van der Waals surface area contributed by atoms with Gasteiger partial charge >= 0.3 is 8.60 Å². The highest BCUT2D eigenvalue weighted by Gasteiger charge is 2.29. The number of rotatable bonds is 9. The average molecular weight is 623 g/mol. The van der Waals surface area contributed by atoms with Gasteiger partial charge in [-0.05, 0) is 50.4 Å². The van der Waals surface area contributed by atoms with Crippen LogP contribution in [0.2, 0.25) is 5.15 Å². The fourth-order valence-electron chi connectivity index (χ4n) is 4.92. The standard InChI is InChI=1S/C28H31B2ClFN6O4P/c1-6-39-43(40-7-2)41-15-34-27-23-11-17(13-33-27)25-22(26(31)36-38(25)28(4,29)30)10-18-14-37(5)35-24(18)20-9-8-19(32)12-21(20)16(3)42-23/h8-9,11-14,16H,6-7,10,15H2,1-5H3,(H,33,34)/t16-/m1/s1. The van der Waals surface area contributed by atoms with Crippen molar-refractivity contribution in [1.29, 1.82) is 0 Å². The van der Waals surface area contributed by atoms with Gasteiger partial charge in [0.1, 0.15) is 18.7 Å². The summed E-state index contributed by atoms with van der Waals surface area (Å²) >= 11 is 6.75. The SMILES string of the molecule is [B]C([B])(C)n1nc(Cl)c2c1-c1cnc(NCOP(OCC)OCC)c(c1)O[C@H](C)c1cc(F)ccc1-c1nn(C)cc1C2. The van der Waals surface area contributed by atoms with Crippen molar-refractivity contribution < 1.29 is 22.7 Å². The molecule has 1 aromatic carbocycles. The van der Waals surface area contributed by atoms with Gasteiger partial charge in [-0.2, -0.15) is 10.2 Å². The van der Waals surface area contributed by atoms with Crippen molar-refractivity contribution >= 4 is 41.7 Å². The molecule has 2 bridgehead atoms. The van der Waals surface area contributed by atoms with E-state index in [9.17, 15) is 4.39 Å². The van der Waals surface area contributed by atoms with Crippen molar-refractivity contribution in [3.63, 3.8) is 0 Å². The smallest absolute Gasteiger partial charge is 0.334 e. The number of nitrogens with zero attached hydrogens (tertiary/aromatic N) is 5. The highest BCUT2D eigenvalue weighted by molar-refractivity contribution is 7.41. The van der Waals surface area contributed by atoms with Crippen LogP contribution in [-0.2, 0) is 32.4 Å². The lowest BCUT2D eigenvalue weighted by Crippen LogP contribution is -2.32. The second-order valence-electron chi connectivity index (χ2n) is 10.2. The number of benzene rings is 1. The zero-order valence-corrected chi connectivity index (χ0v) is 26.2. The minimum Gasteiger partial charge on any atom is -0.482 e. The molecule has 0 spiro atoms. The van der Waals surface area contributed by atoms with Gasteiger partial charge in [0.15, 0.2) is 16.7 Å². The van der Waals surface area contributed by atoms with Gasteiger partial charge < -0.3 is 19.1 Å². The molecule has 1 aliphatic rings. The van der Waals surface area contributed by atoms with Crippen LogP contribution in [0.15, 0.2) is 36.7 Å². The molecule has 0 saturated heterocycles. The summed E-state index contributed by atoms with van der Waals surface area (Å²) in [5.41, 5.74) is 4.72. The molecule has 3 aromatic heterocycles. The molecule has 1 N–H and O–H groups in total. The Labute approximate surface area is 259 Å². The number of fused-ring (bicyclic) bond motifs is 7. The van der Waals surface area contributed by atoms with Crippen LogP contribution in [0, 0.1) is 5.82 Å². The van der Waals surface area contributed by atoms with Crippen LogP contribution in [0.1, 0.15) is 50.5 Å². The van der Waals surface area contributed by atoms with Crippen molar-refractivity contribution in [3.05, 3.63) is 64.3 Å². The summed E-state index contributed by atoms with van der Waals surface area (Å²) in [4.78, 5) is 4.66. The Hall–Kier alpha value is -2.95. The molecule has 222 valence electrons. The van der Waals surface area contributed by atoms with Gasteiger partial charge in [0.2, 0.25) is 0 Å². The number of nitrogens with one attached hydrogen (secondary N) is 1. The third kappa shape index (κ3) is 6.76. The van der Waals surface area contributed by atoms with Crippen molar-refractivity contribution in [2.24, 2.45) is 7.05 Å². The van der Waals surface area contributed by atoms with Crippen molar-refractivity contribution in [2.75, 3.05) is 25.3 Å². The molecule has 0 unspecified atom stereocenters. The summed E-state index contributed by atoms with van der Waals surface area (Å²) < 4.78 is 41.1. The predicted molar refractivity (Wildman–Crippen MR) is 166 cm³/mol. The normalized spacial score (nSPS) is 14.7. The largest absolute Gasteiger partial charge is 0.482 e. The van der Waals surface area contributed by atoms with Crippen LogP contribution in [-0.4, -0.2) is 60.2 Å². The molecule has 4 radical (unpaired) electrons. The molecule has 5 rings (SSSR count). The molecule has 10 nitrogen and oxygen atoms in total. The lowest BCUT2D eigenvalue weighted by Gasteiger charge is -2.25. The highest BCUT2D eigenvalue weighted by Crippen LogP contribution is 2.42. The first-order valence-corrected chi connectivity index (χ1v) is 15.2. The molecule has 4 aromatic rings. The molecule has 0 saturated carbocycles. The van der Waals surface area contributed by atoms with Crippen LogP contribution >= 0.6 is 20.2 Å².